The van der Waals surface area contributed by atoms with Gasteiger partial charge in [0, 0.05) is 43.1 Å². The number of anilines is 4. The minimum atomic E-state index is -0.446. The molecule has 1 aromatic heterocycles. The molecule has 1 aliphatic heterocycles. The van der Waals surface area contributed by atoms with Gasteiger partial charge in [0.25, 0.3) is 0 Å². The highest BCUT2D eigenvalue weighted by Crippen LogP contribution is 2.34. The van der Waals surface area contributed by atoms with Crippen molar-refractivity contribution in [2.75, 3.05) is 41.3 Å². The third-order valence-corrected chi connectivity index (χ3v) is 6.04. The van der Waals surface area contributed by atoms with Crippen LogP contribution in [0.4, 0.5) is 28.7 Å². The van der Waals surface area contributed by atoms with E-state index < -0.39 is 4.92 Å². The molecule has 3 aromatic rings. The Labute approximate surface area is 192 Å². The van der Waals surface area contributed by atoms with Crippen LogP contribution in [-0.4, -0.2) is 46.9 Å². The molecule has 4 rings (SSSR count). The lowest BCUT2D eigenvalue weighted by Gasteiger charge is -2.37. The van der Waals surface area contributed by atoms with E-state index in [-0.39, 0.29) is 17.3 Å². The Morgan fingerprint density at radius 2 is 1.67 bits per heavy atom. The first-order valence-electron chi connectivity index (χ1n) is 10.8. The summed E-state index contributed by atoms with van der Waals surface area (Å²) in [6, 6.07) is 13.0. The Balaban J connectivity index is 1.55. The van der Waals surface area contributed by atoms with Crippen molar-refractivity contribution >= 4 is 34.5 Å². The molecule has 1 N–H and O–H groups in total. The molecule has 2 heterocycles. The summed E-state index contributed by atoms with van der Waals surface area (Å²) in [6.45, 7) is 8.40. The first-order chi connectivity index (χ1) is 15.8. The molecule has 0 bridgehead atoms. The average molecular weight is 447 g/mol. The number of nitrogens with zero attached hydrogens (tertiary/aromatic N) is 5. The summed E-state index contributed by atoms with van der Waals surface area (Å²) in [7, 11) is 0. The summed E-state index contributed by atoms with van der Waals surface area (Å²) >= 11 is 0. The first-order valence-corrected chi connectivity index (χ1v) is 10.8. The molecule has 2 aromatic carbocycles. The largest absolute Gasteiger partial charge is 0.368 e. The fourth-order valence-corrected chi connectivity index (χ4v) is 4.02. The number of nitrogens with one attached hydrogen (secondary N) is 1. The molecule has 170 valence electrons. The molecule has 9 nitrogen and oxygen atoms in total. The Kier molecular flexibility index (Phi) is 6.21. The number of carbonyl (C=O) groups is 1. The van der Waals surface area contributed by atoms with Gasteiger partial charge in [0.2, 0.25) is 11.6 Å². The predicted octanol–water partition coefficient (Wildman–Crippen LogP) is 4.27. The molecule has 1 saturated heterocycles. The van der Waals surface area contributed by atoms with Crippen LogP contribution in [0.1, 0.15) is 28.4 Å². The Morgan fingerprint density at radius 1 is 1.00 bits per heavy atom. The minimum absolute atomic E-state index is 0.0446. The number of piperazine rings is 1. The zero-order chi connectivity index (χ0) is 23.5. The van der Waals surface area contributed by atoms with Crippen LogP contribution in [0.3, 0.4) is 0 Å². The second-order valence-electron chi connectivity index (χ2n) is 8.10. The van der Waals surface area contributed by atoms with Gasteiger partial charge in [0.15, 0.2) is 5.78 Å². The van der Waals surface area contributed by atoms with Crippen LogP contribution in [-0.2, 0) is 0 Å². The van der Waals surface area contributed by atoms with E-state index in [1.165, 1.54) is 30.1 Å². The quantitative estimate of drug-likeness (QED) is 0.340. The van der Waals surface area contributed by atoms with Crippen LogP contribution in [0.25, 0.3) is 0 Å². The summed E-state index contributed by atoms with van der Waals surface area (Å²) in [5.74, 6) is 0.382. The highest BCUT2D eigenvalue weighted by atomic mass is 16.6. The van der Waals surface area contributed by atoms with E-state index in [0.717, 1.165) is 13.1 Å². The van der Waals surface area contributed by atoms with Gasteiger partial charge in [-0.3, -0.25) is 14.9 Å². The molecule has 33 heavy (non-hydrogen) atoms. The van der Waals surface area contributed by atoms with Gasteiger partial charge in [-0.05, 0) is 62.2 Å². The zero-order valence-electron chi connectivity index (χ0n) is 18.9. The highest BCUT2D eigenvalue weighted by molar-refractivity contribution is 5.94. The van der Waals surface area contributed by atoms with Gasteiger partial charge in [0.1, 0.15) is 6.33 Å². The molecule has 1 fully saturated rings. The van der Waals surface area contributed by atoms with Gasteiger partial charge >= 0.3 is 5.69 Å². The molecular formula is C24H26N6O3. The van der Waals surface area contributed by atoms with Crippen molar-refractivity contribution in [3.05, 3.63) is 75.6 Å². The maximum absolute atomic E-state index is 12.0. The zero-order valence-corrected chi connectivity index (χ0v) is 18.9. The minimum Gasteiger partial charge on any atom is -0.368 e. The SMILES string of the molecule is CC(=O)c1ccc(Nc2ncnc(N3CCN(c4cccc(C)c4C)CC3)c2[N+](=O)[O-])cc1. The number of benzene rings is 2. The molecule has 0 spiro atoms. The van der Waals surface area contributed by atoms with Crippen molar-refractivity contribution in [1.82, 2.24) is 9.97 Å². The standard InChI is InChI=1S/C24H26N6O3/c1-16-5-4-6-21(17(16)2)28-11-13-29(14-12-28)24-22(30(32)33)23(25-15-26-24)27-20-9-7-19(8-10-20)18(3)31/h4-10,15H,11-14H2,1-3H3,(H,25,26,27). The lowest BCUT2D eigenvalue weighted by Crippen LogP contribution is -2.47. The van der Waals surface area contributed by atoms with Crippen molar-refractivity contribution in [1.29, 1.82) is 0 Å². The lowest BCUT2D eigenvalue weighted by molar-refractivity contribution is -0.383. The van der Waals surface area contributed by atoms with Gasteiger partial charge in [-0.1, -0.05) is 12.1 Å². The number of hydrogen-bond donors (Lipinski definition) is 1. The third kappa shape index (κ3) is 4.62. The van der Waals surface area contributed by atoms with Crippen LogP contribution < -0.4 is 15.1 Å². The summed E-state index contributed by atoms with van der Waals surface area (Å²) in [5, 5.41) is 15.0. The lowest BCUT2D eigenvalue weighted by atomic mass is 10.1. The highest BCUT2D eigenvalue weighted by Gasteiger charge is 2.29. The van der Waals surface area contributed by atoms with Gasteiger partial charge in [-0.25, -0.2) is 9.97 Å². The molecule has 9 heteroatoms. The number of hydrogen-bond acceptors (Lipinski definition) is 8. The number of ketones is 1. The molecule has 0 aliphatic carbocycles. The van der Waals surface area contributed by atoms with E-state index in [1.807, 2.05) is 4.90 Å². The van der Waals surface area contributed by atoms with Crippen LogP contribution in [0.5, 0.6) is 0 Å². The van der Waals surface area contributed by atoms with E-state index in [9.17, 15) is 14.9 Å². The first kappa shape index (κ1) is 22.2. The second-order valence-corrected chi connectivity index (χ2v) is 8.10. The summed E-state index contributed by atoms with van der Waals surface area (Å²) in [6.07, 6.45) is 1.34. The number of carbonyl (C=O) groups excluding carboxylic acids is 1. The fourth-order valence-electron chi connectivity index (χ4n) is 4.02. The van der Waals surface area contributed by atoms with E-state index in [1.54, 1.807) is 24.3 Å². The van der Waals surface area contributed by atoms with E-state index in [4.69, 9.17) is 0 Å². The smallest absolute Gasteiger partial charge is 0.353 e. The molecule has 0 atom stereocenters. The number of aromatic nitrogens is 2. The van der Waals surface area contributed by atoms with Gasteiger partial charge < -0.3 is 15.1 Å². The van der Waals surface area contributed by atoms with Crippen LogP contribution in [0.15, 0.2) is 48.8 Å². The average Bonchev–Trinajstić information content (AvgIpc) is 2.81. The number of nitro groups is 1. The van der Waals surface area contributed by atoms with Crippen molar-refractivity contribution in [2.24, 2.45) is 0 Å². The molecule has 0 saturated carbocycles. The topological polar surface area (TPSA) is 104 Å². The van der Waals surface area contributed by atoms with Crippen molar-refractivity contribution in [2.45, 2.75) is 20.8 Å². The molecule has 0 unspecified atom stereocenters. The molecule has 0 amide bonds. The Bertz CT molecular complexity index is 1190. The van der Waals surface area contributed by atoms with E-state index >= 15 is 0 Å². The van der Waals surface area contributed by atoms with Crippen molar-refractivity contribution in [3.8, 4) is 0 Å². The van der Waals surface area contributed by atoms with Crippen molar-refractivity contribution < 1.29 is 9.72 Å². The van der Waals surface area contributed by atoms with Gasteiger partial charge in [-0.2, -0.15) is 0 Å². The molecule has 1 aliphatic rings. The number of aryl methyl sites for hydroxylation is 1. The fraction of sp³-hybridized carbons (Fsp3) is 0.292. The van der Waals surface area contributed by atoms with E-state index in [2.05, 4.69) is 52.2 Å². The van der Waals surface area contributed by atoms with Crippen LogP contribution in [0.2, 0.25) is 0 Å². The normalized spacial score (nSPS) is 13.7. The second kappa shape index (κ2) is 9.23. The van der Waals surface area contributed by atoms with Gasteiger partial charge in [-0.15, -0.1) is 0 Å². The van der Waals surface area contributed by atoms with Crippen LogP contribution >= 0.6 is 0 Å². The molecular weight excluding hydrogens is 420 g/mol. The Morgan fingerprint density at radius 3 is 2.30 bits per heavy atom. The maximum Gasteiger partial charge on any atom is 0.353 e. The van der Waals surface area contributed by atoms with Gasteiger partial charge in [0.05, 0.1) is 4.92 Å². The molecule has 0 radical (unpaired) electrons. The van der Waals surface area contributed by atoms with Crippen molar-refractivity contribution in [3.63, 3.8) is 0 Å². The number of Topliss-reactive ketones (excluding diaryl/α,β-unsaturated/α-hetero) is 1. The maximum atomic E-state index is 12.0. The summed E-state index contributed by atoms with van der Waals surface area (Å²) < 4.78 is 0. The summed E-state index contributed by atoms with van der Waals surface area (Å²) in [4.78, 5) is 35.7. The third-order valence-electron chi connectivity index (χ3n) is 6.04. The van der Waals surface area contributed by atoms with Crippen LogP contribution in [0, 0.1) is 24.0 Å². The number of rotatable bonds is 6. The summed E-state index contributed by atoms with van der Waals surface area (Å²) in [5.41, 5.74) is 4.71. The van der Waals surface area contributed by atoms with E-state index in [0.29, 0.717) is 30.2 Å². The Hall–Kier alpha value is -4.01. The predicted molar refractivity (Wildman–Crippen MR) is 129 cm³/mol. The monoisotopic (exact) mass is 446 g/mol.